The van der Waals surface area contributed by atoms with E-state index in [1.165, 1.54) is 17.6 Å². The lowest BCUT2D eigenvalue weighted by molar-refractivity contribution is -0.138. The molecule has 9 heteroatoms. The average molecular weight is 515 g/mol. The lowest BCUT2D eigenvalue weighted by Crippen LogP contribution is -2.48. The summed E-state index contributed by atoms with van der Waals surface area (Å²) in [5, 5.41) is 5.70. The molecule has 2 heterocycles. The molecule has 2 aromatic heterocycles. The first-order chi connectivity index (χ1) is 16.9. The zero-order valence-corrected chi connectivity index (χ0v) is 22.7. The number of amides is 1. The van der Waals surface area contributed by atoms with Gasteiger partial charge in [-0.2, -0.15) is 0 Å². The molecule has 3 aromatic rings. The number of carbonyl (C=O) groups excluding carboxylic acids is 2. The SMILES string of the molecule is CCCCc1cc2c(=O)c(-c3csc(C)n3)coc2cc1OC(=O)[C@@H](NC(=O)OC(C)(C)C)C(C)C. The molecule has 1 N–H and O–H groups in total. The van der Waals surface area contributed by atoms with Gasteiger partial charge < -0.3 is 19.2 Å². The Balaban J connectivity index is 1.96. The first-order valence-electron chi connectivity index (χ1n) is 12.1. The third-order valence-electron chi connectivity index (χ3n) is 5.45. The van der Waals surface area contributed by atoms with Crippen LogP contribution in [0, 0.1) is 12.8 Å². The lowest BCUT2D eigenvalue weighted by Gasteiger charge is -2.25. The minimum Gasteiger partial charge on any atom is -0.463 e. The number of fused-ring (bicyclic) bond motifs is 1. The number of ether oxygens (including phenoxy) is 2. The molecule has 0 aliphatic heterocycles. The van der Waals surface area contributed by atoms with Crippen molar-refractivity contribution in [2.45, 2.75) is 79.4 Å². The highest BCUT2D eigenvalue weighted by molar-refractivity contribution is 7.09. The molecule has 8 nitrogen and oxygen atoms in total. The van der Waals surface area contributed by atoms with Crippen LogP contribution in [-0.2, 0) is 16.0 Å². The molecular formula is C27H34N2O6S. The highest BCUT2D eigenvalue weighted by Crippen LogP contribution is 2.29. The van der Waals surface area contributed by atoms with E-state index in [-0.39, 0.29) is 11.3 Å². The fourth-order valence-electron chi connectivity index (χ4n) is 3.63. The number of benzene rings is 1. The highest BCUT2D eigenvalue weighted by atomic mass is 32.1. The van der Waals surface area contributed by atoms with E-state index < -0.39 is 23.7 Å². The minimum atomic E-state index is -0.920. The van der Waals surface area contributed by atoms with Crippen LogP contribution in [0.1, 0.15) is 65.0 Å². The van der Waals surface area contributed by atoms with Crippen LogP contribution in [0.4, 0.5) is 4.79 Å². The van der Waals surface area contributed by atoms with Crippen molar-refractivity contribution in [3.05, 3.63) is 44.6 Å². The van der Waals surface area contributed by atoms with Crippen LogP contribution in [0.25, 0.3) is 22.2 Å². The second-order valence-corrected chi connectivity index (χ2v) is 11.1. The Labute approximate surface area is 215 Å². The Morgan fingerprint density at radius 2 is 1.94 bits per heavy atom. The van der Waals surface area contributed by atoms with Gasteiger partial charge in [-0.3, -0.25) is 4.79 Å². The van der Waals surface area contributed by atoms with E-state index in [9.17, 15) is 14.4 Å². The monoisotopic (exact) mass is 514 g/mol. The molecule has 1 amide bonds. The summed E-state index contributed by atoms with van der Waals surface area (Å²) >= 11 is 1.46. The molecule has 36 heavy (non-hydrogen) atoms. The van der Waals surface area contributed by atoms with Crippen molar-refractivity contribution in [3.8, 4) is 17.0 Å². The van der Waals surface area contributed by atoms with Gasteiger partial charge in [0.15, 0.2) is 0 Å². The zero-order chi connectivity index (χ0) is 26.6. The van der Waals surface area contributed by atoms with Crippen LogP contribution in [0.5, 0.6) is 5.75 Å². The van der Waals surface area contributed by atoms with E-state index in [2.05, 4.69) is 17.2 Å². The first kappa shape index (κ1) is 27.4. The van der Waals surface area contributed by atoms with E-state index in [1.807, 2.05) is 26.2 Å². The molecule has 0 aliphatic rings. The van der Waals surface area contributed by atoms with Crippen LogP contribution >= 0.6 is 11.3 Å². The predicted molar refractivity (Wildman–Crippen MR) is 141 cm³/mol. The van der Waals surface area contributed by atoms with E-state index in [0.717, 1.165) is 23.4 Å². The minimum absolute atomic E-state index is 0.191. The van der Waals surface area contributed by atoms with Gasteiger partial charge in [0.1, 0.15) is 29.2 Å². The van der Waals surface area contributed by atoms with Gasteiger partial charge in [0.25, 0.3) is 0 Å². The highest BCUT2D eigenvalue weighted by Gasteiger charge is 2.29. The summed E-state index contributed by atoms with van der Waals surface area (Å²) in [6, 6.07) is 2.38. The number of unbranched alkanes of at least 4 members (excludes halogenated alkanes) is 1. The van der Waals surface area contributed by atoms with Crippen molar-refractivity contribution >= 4 is 34.4 Å². The fourth-order valence-corrected chi connectivity index (χ4v) is 4.24. The number of hydrogen-bond donors (Lipinski definition) is 1. The molecule has 0 aliphatic carbocycles. The number of aryl methyl sites for hydroxylation is 2. The summed E-state index contributed by atoms with van der Waals surface area (Å²) in [4.78, 5) is 43.1. The molecule has 1 aromatic carbocycles. The molecular weight excluding hydrogens is 480 g/mol. The van der Waals surface area contributed by atoms with Crippen molar-refractivity contribution in [1.82, 2.24) is 10.3 Å². The van der Waals surface area contributed by atoms with E-state index >= 15 is 0 Å². The van der Waals surface area contributed by atoms with Crippen molar-refractivity contribution in [2.24, 2.45) is 5.92 Å². The predicted octanol–water partition coefficient (Wildman–Crippen LogP) is 6.02. The summed E-state index contributed by atoms with van der Waals surface area (Å²) in [6.07, 6.45) is 3.07. The Bertz CT molecular complexity index is 1300. The third kappa shape index (κ3) is 6.72. The van der Waals surface area contributed by atoms with Crippen LogP contribution in [0.2, 0.25) is 0 Å². The largest absolute Gasteiger partial charge is 0.463 e. The molecule has 0 unspecified atom stereocenters. The van der Waals surface area contributed by atoms with Crippen molar-refractivity contribution in [3.63, 3.8) is 0 Å². The molecule has 0 saturated heterocycles. The van der Waals surface area contributed by atoms with Gasteiger partial charge in [-0.25, -0.2) is 14.6 Å². The number of alkyl carbamates (subject to hydrolysis) is 1. The number of rotatable bonds is 8. The molecule has 194 valence electrons. The Hall–Kier alpha value is -3.20. The Morgan fingerprint density at radius 3 is 2.53 bits per heavy atom. The van der Waals surface area contributed by atoms with E-state index in [4.69, 9.17) is 13.9 Å². The normalized spacial score (nSPS) is 12.6. The molecule has 3 rings (SSSR count). The van der Waals surface area contributed by atoms with Gasteiger partial charge in [0.05, 0.1) is 21.7 Å². The summed E-state index contributed by atoms with van der Waals surface area (Å²) in [7, 11) is 0. The molecule has 0 bridgehead atoms. The number of thiazole rings is 1. The van der Waals surface area contributed by atoms with E-state index in [1.54, 1.807) is 32.9 Å². The second kappa shape index (κ2) is 11.2. The second-order valence-electron chi connectivity index (χ2n) is 10.1. The number of hydrogen-bond acceptors (Lipinski definition) is 8. The van der Waals surface area contributed by atoms with Crippen LogP contribution in [0.15, 0.2) is 33.0 Å². The van der Waals surface area contributed by atoms with Crippen molar-refractivity contribution in [2.75, 3.05) is 0 Å². The van der Waals surface area contributed by atoms with E-state index in [0.29, 0.717) is 34.4 Å². The Kier molecular flexibility index (Phi) is 8.55. The summed E-state index contributed by atoms with van der Waals surface area (Å²) in [6.45, 7) is 12.8. The molecule has 0 radical (unpaired) electrons. The summed E-state index contributed by atoms with van der Waals surface area (Å²) < 4.78 is 16.9. The average Bonchev–Trinajstić information content (AvgIpc) is 3.21. The van der Waals surface area contributed by atoms with Crippen LogP contribution < -0.4 is 15.5 Å². The maximum absolute atomic E-state index is 13.3. The molecule has 0 fully saturated rings. The number of aromatic nitrogens is 1. The zero-order valence-electron chi connectivity index (χ0n) is 21.9. The quantitative estimate of drug-likeness (QED) is 0.289. The standard InChI is InChI=1S/C27H34N2O6S/c1-8-9-10-17-11-18-22(33-13-19(24(18)30)20-14-36-16(4)28-20)12-21(17)34-25(31)23(15(2)3)29-26(32)35-27(5,6)7/h11-15,23H,8-10H2,1-7H3,(H,29,32)/t23-/m0/s1. The maximum Gasteiger partial charge on any atom is 0.408 e. The number of nitrogens with zero attached hydrogens (tertiary/aromatic N) is 1. The van der Waals surface area contributed by atoms with Gasteiger partial charge in [0.2, 0.25) is 5.43 Å². The third-order valence-corrected chi connectivity index (χ3v) is 6.23. The first-order valence-corrected chi connectivity index (χ1v) is 13.0. The van der Waals surface area contributed by atoms with Gasteiger partial charge >= 0.3 is 12.1 Å². The van der Waals surface area contributed by atoms with Gasteiger partial charge in [-0.15, -0.1) is 11.3 Å². The van der Waals surface area contributed by atoms with Crippen molar-refractivity contribution < 1.29 is 23.5 Å². The number of carbonyl (C=O) groups is 2. The fraction of sp³-hybridized carbons (Fsp3) is 0.481. The van der Waals surface area contributed by atoms with Gasteiger partial charge in [0, 0.05) is 11.4 Å². The van der Waals surface area contributed by atoms with Crippen LogP contribution in [0.3, 0.4) is 0 Å². The maximum atomic E-state index is 13.3. The molecule has 0 saturated carbocycles. The smallest absolute Gasteiger partial charge is 0.408 e. The summed E-state index contributed by atoms with van der Waals surface area (Å²) in [5.74, 6) is -0.561. The number of esters is 1. The lowest BCUT2D eigenvalue weighted by atomic mass is 10.0. The van der Waals surface area contributed by atoms with Crippen LogP contribution in [-0.4, -0.2) is 28.7 Å². The van der Waals surface area contributed by atoms with Crippen molar-refractivity contribution in [1.29, 1.82) is 0 Å². The summed E-state index contributed by atoms with van der Waals surface area (Å²) in [5.41, 5.74) is 1.10. The van der Waals surface area contributed by atoms with Gasteiger partial charge in [-0.1, -0.05) is 27.2 Å². The Morgan fingerprint density at radius 1 is 1.22 bits per heavy atom. The number of nitrogens with one attached hydrogen (secondary N) is 1. The molecule has 0 spiro atoms. The van der Waals surface area contributed by atoms with Gasteiger partial charge in [-0.05, 0) is 58.1 Å². The molecule has 1 atom stereocenters. The topological polar surface area (TPSA) is 108 Å².